The van der Waals surface area contributed by atoms with Crippen LogP contribution < -0.4 is 5.73 Å². The highest BCUT2D eigenvalue weighted by Crippen LogP contribution is 2.08. The van der Waals surface area contributed by atoms with E-state index in [0.717, 1.165) is 12.8 Å². The highest BCUT2D eigenvalue weighted by atomic mass is 16.3. The van der Waals surface area contributed by atoms with Crippen LogP contribution >= 0.6 is 0 Å². The van der Waals surface area contributed by atoms with Crippen molar-refractivity contribution in [2.45, 2.75) is 58.9 Å². The summed E-state index contributed by atoms with van der Waals surface area (Å²) in [5.41, 5.74) is 5.91. The third-order valence-corrected chi connectivity index (χ3v) is 3.01. The van der Waals surface area contributed by atoms with Crippen LogP contribution in [-0.4, -0.2) is 41.7 Å². The third-order valence-electron chi connectivity index (χ3n) is 3.01. The summed E-state index contributed by atoms with van der Waals surface area (Å²) in [4.78, 5) is 13.8. The number of nitrogens with zero attached hydrogens (tertiary/aromatic N) is 1. The zero-order valence-corrected chi connectivity index (χ0v) is 12.2. The van der Waals surface area contributed by atoms with Crippen LogP contribution in [0.25, 0.3) is 0 Å². The Hall–Kier alpha value is -0.610. The first kappa shape index (κ1) is 17.4. The zero-order chi connectivity index (χ0) is 14.0. The van der Waals surface area contributed by atoms with Crippen LogP contribution in [0.5, 0.6) is 0 Å². The lowest BCUT2D eigenvalue weighted by molar-refractivity contribution is -0.133. The highest BCUT2D eigenvalue weighted by molar-refractivity contribution is 5.81. The molecule has 0 aromatic rings. The third kappa shape index (κ3) is 7.67. The Morgan fingerprint density at radius 2 is 1.89 bits per heavy atom. The summed E-state index contributed by atoms with van der Waals surface area (Å²) < 4.78 is 0. The van der Waals surface area contributed by atoms with Crippen LogP contribution in [0.2, 0.25) is 0 Å². The summed E-state index contributed by atoms with van der Waals surface area (Å²) in [6, 6.07) is -0.428. The molecule has 4 nitrogen and oxygen atoms in total. The Bertz CT molecular complexity index is 220. The molecule has 1 atom stereocenters. The van der Waals surface area contributed by atoms with Crippen molar-refractivity contribution in [3.63, 3.8) is 0 Å². The molecule has 0 aromatic heterocycles. The molecular weight excluding hydrogens is 228 g/mol. The molecule has 0 aliphatic heterocycles. The molecule has 0 saturated carbocycles. The number of aliphatic hydroxyl groups is 1. The number of carbonyl (C=O) groups is 1. The molecule has 0 radical (unpaired) electrons. The van der Waals surface area contributed by atoms with Gasteiger partial charge in [0, 0.05) is 13.1 Å². The lowest BCUT2D eigenvalue weighted by Gasteiger charge is -2.25. The van der Waals surface area contributed by atoms with E-state index in [1.54, 1.807) is 4.90 Å². The summed E-state index contributed by atoms with van der Waals surface area (Å²) in [6.07, 6.45) is 5.20. The Kier molecular flexibility index (Phi) is 9.98. The van der Waals surface area contributed by atoms with Gasteiger partial charge in [-0.1, -0.05) is 40.0 Å². The second kappa shape index (κ2) is 10.3. The first-order valence-electron chi connectivity index (χ1n) is 7.18. The van der Waals surface area contributed by atoms with Gasteiger partial charge in [-0.3, -0.25) is 4.79 Å². The second-order valence-corrected chi connectivity index (χ2v) is 5.35. The number of amides is 1. The Morgan fingerprint density at radius 1 is 1.22 bits per heavy atom. The molecule has 0 fully saturated rings. The normalized spacial score (nSPS) is 12.8. The van der Waals surface area contributed by atoms with Crippen LogP contribution in [-0.2, 0) is 4.79 Å². The van der Waals surface area contributed by atoms with Gasteiger partial charge in [-0.05, 0) is 18.8 Å². The lowest BCUT2D eigenvalue weighted by atomic mass is 10.0. The quantitative estimate of drug-likeness (QED) is 0.587. The van der Waals surface area contributed by atoms with Crippen molar-refractivity contribution in [1.29, 1.82) is 0 Å². The number of hydrogen-bond donors (Lipinski definition) is 2. The first-order valence-corrected chi connectivity index (χ1v) is 7.18. The van der Waals surface area contributed by atoms with Gasteiger partial charge < -0.3 is 15.7 Å². The van der Waals surface area contributed by atoms with E-state index in [1.165, 1.54) is 12.8 Å². The Balaban J connectivity index is 4.16. The van der Waals surface area contributed by atoms with E-state index in [4.69, 9.17) is 10.8 Å². The number of nitrogens with two attached hydrogens (primary N) is 1. The molecule has 1 amide bonds. The van der Waals surface area contributed by atoms with E-state index in [2.05, 4.69) is 20.8 Å². The first-order chi connectivity index (χ1) is 8.52. The topological polar surface area (TPSA) is 66.6 Å². The molecule has 1 unspecified atom stereocenters. The molecule has 108 valence electrons. The van der Waals surface area contributed by atoms with Crippen molar-refractivity contribution in [1.82, 2.24) is 4.90 Å². The molecule has 0 aromatic carbocycles. The van der Waals surface area contributed by atoms with Crippen molar-refractivity contribution < 1.29 is 9.90 Å². The summed E-state index contributed by atoms with van der Waals surface area (Å²) in [5, 5.41) is 9.02. The van der Waals surface area contributed by atoms with Crippen molar-refractivity contribution in [2.75, 3.05) is 19.7 Å². The number of aliphatic hydroxyl groups excluding tert-OH is 1. The fraction of sp³-hybridized carbons (Fsp3) is 0.929. The van der Waals surface area contributed by atoms with Crippen molar-refractivity contribution in [2.24, 2.45) is 11.7 Å². The number of carbonyl (C=O) groups excluding carboxylic acids is 1. The van der Waals surface area contributed by atoms with Gasteiger partial charge >= 0.3 is 0 Å². The predicted octanol–water partition coefficient (Wildman–Crippen LogP) is 1.76. The van der Waals surface area contributed by atoms with Gasteiger partial charge in [-0.15, -0.1) is 0 Å². The summed E-state index contributed by atoms with van der Waals surface area (Å²) in [5.74, 6) is 0.397. The van der Waals surface area contributed by atoms with Crippen LogP contribution in [0.4, 0.5) is 0 Å². The molecule has 0 rings (SSSR count). The van der Waals surface area contributed by atoms with Gasteiger partial charge in [-0.2, -0.15) is 0 Å². The Labute approximate surface area is 112 Å². The zero-order valence-electron chi connectivity index (χ0n) is 12.2. The average molecular weight is 258 g/mol. The predicted molar refractivity (Wildman–Crippen MR) is 75.2 cm³/mol. The maximum atomic E-state index is 12.1. The molecule has 18 heavy (non-hydrogen) atoms. The minimum atomic E-state index is -0.428. The minimum Gasteiger partial charge on any atom is -0.395 e. The van der Waals surface area contributed by atoms with Crippen molar-refractivity contribution in [3.05, 3.63) is 0 Å². The summed E-state index contributed by atoms with van der Waals surface area (Å²) in [6.45, 7) is 7.40. The van der Waals surface area contributed by atoms with Gasteiger partial charge in [-0.25, -0.2) is 0 Å². The second-order valence-electron chi connectivity index (χ2n) is 5.35. The van der Waals surface area contributed by atoms with E-state index >= 15 is 0 Å². The van der Waals surface area contributed by atoms with Gasteiger partial charge in [0.25, 0.3) is 0 Å². The molecule has 3 N–H and O–H groups in total. The number of rotatable bonds is 10. The van der Waals surface area contributed by atoms with E-state index in [1.807, 2.05) is 0 Å². The van der Waals surface area contributed by atoms with Gasteiger partial charge in [0.2, 0.25) is 5.91 Å². The van der Waals surface area contributed by atoms with Crippen molar-refractivity contribution >= 4 is 5.91 Å². The van der Waals surface area contributed by atoms with Crippen LogP contribution in [0.1, 0.15) is 52.9 Å². The van der Waals surface area contributed by atoms with Crippen molar-refractivity contribution in [3.8, 4) is 0 Å². The van der Waals surface area contributed by atoms with Crippen LogP contribution in [0.15, 0.2) is 0 Å². The van der Waals surface area contributed by atoms with Crippen LogP contribution in [0.3, 0.4) is 0 Å². The minimum absolute atomic E-state index is 0.00785. The van der Waals surface area contributed by atoms with Gasteiger partial charge in [0.1, 0.15) is 0 Å². The van der Waals surface area contributed by atoms with E-state index in [-0.39, 0.29) is 12.5 Å². The molecule has 4 heteroatoms. The monoisotopic (exact) mass is 258 g/mol. The van der Waals surface area contributed by atoms with Gasteiger partial charge in [0.05, 0.1) is 12.6 Å². The van der Waals surface area contributed by atoms with E-state index in [9.17, 15) is 4.79 Å². The van der Waals surface area contributed by atoms with E-state index in [0.29, 0.717) is 25.4 Å². The number of unbranched alkanes of at least 4 members (excludes halogenated alkanes) is 3. The SMILES string of the molecule is CCCCCCN(CCO)C(=O)C(N)CC(C)C. The van der Waals surface area contributed by atoms with Crippen LogP contribution in [0, 0.1) is 5.92 Å². The standard InChI is InChI=1S/C14H30N2O2/c1-4-5-6-7-8-16(9-10-17)14(18)13(15)11-12(2)3/h12-13,17H,4-11,15H2,1-3H3. The van der Waals surface area contributed by atoms with Gasteiger partial charge in [0.15, 0.2) is 0 Å². The molecule has 0 aliphatic carbocycles. The summed E-state index contributed by atoms with van der Waals surface area (Å²) in [7, 11) is 0. The fourth-order valence-corrected chi connectivity index (χ4v) is 2.03. The molecule has 0 heterocycles. The molecular formula is C14H30N2O2. The smallest absolute Gasteiger partial charge is 0.239 e. The highest BCUT2D eigenvalue weighted by Gasteiger charge is 2.20. The lowest BCUT2D eigenvalue weighted by Crippen LogP contribution is -2.45. The molecule has 0 bridgehead atoms. The Morgan fingerprint density at radius 3 is 2.39 bits per heavy atom. The molecule has 0 saturated heterocycles. The largest absolute Gasteiger partial charge is 0.395 e. The molecule has 0 aliphatic rings. The maximum Gasteiger partial charge on any atom is 0.239 e. The van der Waals surface area contributed by atoms with E-state index < -0.39 is 6.04 Å². The average Bonchev–Trinajstić information content (AvgIpc) is 2.31. The number of hydrogen-bond acceptors (Lipinski definition) is 3. The molecule has 0 spiro atoms. The summed E-state index contributed by atoms with van der Waals surface area (Å²) >= 11 is 0. The fourth-order valence-electron chi connectivity index (χ4n) is 2.03. The maximum absolute atomic E-state index is 12.1.